The second kappa shape index (κ2) is 34.9. The number of carbonyl (C=O) groups excluding carboxylic acids is 11. The molecule has 4 atom stereocenters. The molecule has 30 nitrogen and oxygen atoms in total. The monoisotopic (exact) mass is 1300 g/mol. The highest BCUT2D eigenvalue weighted by atomic mass is 16.6. The zero-order valence-corrected chi connectivity index (χ0v) is 52.3. The highest BCUT2D eigenvalue weighted by Gasteiger charge is 2.44. The van der Waals surface area contributed by atoms with E-state index in [1.54, 1.807) is 0 Å². The summed E-state index contributed by atoms with van der Waals surface area (Å²) in [6.45, 7) is 15.6. The van der Waals surface area contributed by atoms with Crippen molar-refractivity contribution in [2.45, 2.75) is 102 Å². The van der Waals surface area contributed by atoms with E-state index in [4.69, 9.17) is 18.6 Å². The van der Waals surface area contributed by atoms with Crippen LogP contribution in [0.5, 0.6) is 34.5 Å². The first-order valence-electron chi connectivity index (χ1n) is 28.6. The predicted molar refractivity (Wildman–Crippen MR) is 337 cm³/mol. The molecule has 0 fully saturated rings. The fourth-order valence-electron chi connectivity index (χ4n) is 9.77. The molecule has 0 saturated heterocycles. The molecule has 0 bridgehead atoms. The molecular formula is C63H80N10O20. The molecule has 93 heavy (non-hydrogen) atoms. The van der Waals surface area contributed by atoms with Crippen LogP contribution in [0.4, 0.5) is 0 Å². The summed E-state index contributed by atoms with van der Waals surface area (Å²) >= 11 is 0. The first kappa shape index (κ1) is 75.3. The van der Waals surface area contributed by atoms with Crippen LogP contribution >= 0.6 is 0 Å². The fraction of sp³-hybridized carbons (Fsp3) is 0.397. The molecular weight excluding hydrogens is 1220 g/mol. The minimum atomic E-state index is -1.44. The molecule has 14 N–H and O–H groups in total. The van der Waals surface area contributed by atoms with Gasteiger partial charge in [0.15, 0.2) is 24.3 Å². The van der Waals surface area contributed by atoms with E-state index in [0.717, 1.165) is 67.8 Å². The van der Waals surface area contributed by atoms with Gasteiger partial charge in [-0.15, -0.1) is 0 Å². The topological polar surface area (TPSA) is 447 Å². The van der Waals surface area contributed by atoms with E-state index in [1.165, 1.54) is 12.1 Å². The van der Waals surface area contributed by atoms with Gasteiger partial charge in [0.2, 0.25) is 58.8 Å². The van der Waals surface area contributed by atoms with Crippen molar-refractivity contribution in [3.63, 3.8) is 0 Å². The van der Waals surface area contributed by atoms with Crippen LogP contribution in [0.15, 0.2) is 33.5 Å². The van der Waals surface area contributed by atoms with E-state index in [9.17, 15) is 78.0 Å². The number of hydrogen-bond acceptors (Lipinski definition) is 24. The van der Waals surface area contributed by atoms with Crippen molar-refractivity contribution >= 4 is 77.3 Å². The Morgan fingerprint density at radius 2 is 0.860 bits per heavy atom. The summed E-state index contributed by atoms with van der Waals surface area (Å²) < 4.78 is 24.7. The van der Waals surface area contributed by atoms with Gasteiger partial charge in [0.05, 0.1) is 65.4 Å². The summed E-state index contributed by atoms with van der Waals surface area (Å²) in [7, 11) is 0. The molecule has 6 amide bonds. The van der Waals surface area contributed by atoms with Gasteiger partial charge in [-0.05, 0) is 125 Å². The van der Waals surface area contributed by atoms with Crippen LogP contribution in [-0.2, 0) is 52.7 Å². The van der Waals surface area contributed by atoms with E-state index >= 15 is 0 Å². The van der Waals surface area contributed by atoms with Gasteiger partial charge in [0, 0.05) is 35.4 Å². The number of aldehydes is 4. The second-order valence-electron chi connectivity index (χ2n) is 21.1. The van der Waals surface area contributed by atoms with Gasteiger partial charge in [-0.25, -0.2) is 0 Å². The van der Waals surface area contributed by atoms with Crippen molar-refractivity contribution in [3.05, 3.63) is 101 Å². The Kier molecular flexibility index (Phi) is 28.3. The molecule has 1 aliphatic heterocycles. The van der Waals surface area contributed by atoms with E-state index in [-0.39, 0.29) is 78.9 Å². The zero-order valence-electron chi connectivity index (χ0n) is 52.3. The number of fused-ring (bicyclic) bond motifs is 2. The number of aromatic hydroxyl groups is 4. The van der Waals surface area contributed by atoms with Crippen LogP contribution in [-0.4, -0.2) is 171 Å². The molecule has 502 valence electrons. The van der Waals surface area contributed by atoms with Gasteiger partial charge in [-0.1, -0.05) is 7.43 Å². The molecule has 6 rings (SSSR count). The van der Waals surface area contributed by atoms with E-state index < -0.39 is 122 Å². The maximum atomic E-state index is 14.0. The molecule has 0 radical (unpaired) electrons. The number of benzene rings is 4. The lowest BCUT2D eigenvalue weighted by atomic mass is 9.83. The number of amides is 6. The molecule has 0 saturated carbocycles. The molecule has 0 spiro atoms. The average Bonchev–Trinajstić information content (AvgIpc) is 0.761. The van der Waals surface area contributed by atoms with Gasteiger partial charge < -0.3 is 90.1 Å². The lowest BCUT2D eigenvalue weighted by molar-refractivity contribution is -0.128. The largest absolute Gasteiger partial charge is 0.508 e. The van der Waals surface area contributed by atoms with Crippen molar-refractivity contribution in [1.29, 1.82) is 0 Å². The second-order valence-corrected chi connectivity index (χ2v) is 21.1. The van der Waals surface area contributed by atoms with Gasteiger partial charge in [-0.2, -0.15) is 0 Å². The predicted octanol–water partition coefficient (Wildman–Crippen LogP) is 0.188. The van der Waals surface area contributed by atoms with Gasteiger partial charge in [0.25, 0.3) is 0 Å². The van der Waals surface area contributed by atoms with Crippen LogP contribution in [0.3, 0.4) is 0 Å². The number of Topliss-reactive ketones (excluding diaryl/α,β-unsaturated/α-hetero) is 1. The Hall–Kier alpha value is -10.1. The standard InChI is InChI=1S/C31H39N5O10.C31H37N5O10.CH4/c2*1-15-16(2)18(4)26(19(5)17(15)3)29-30(28(44)27-21(40)10-20(39)11-22(27)45-29)46-31(35-13-24(42)33-7-9-38)36-14-25(43)34-12-23(41)32-6-8-37;/h8-11,29-31,35-36,39-40H,6-7,12-14H2,1-5H3,(H,32,41)(H,33,42)(H,34,43);8-11,31,35-36,39-40H,6-7,12-14H2,1-5H3,(H,32,41)(H,33,42)(H,34,43);1H4. The smallest absolute Gasteiger partial charge is 0.239 e. The molecule has 4 unspecified atom stereocenters. The maximum absolute atomic E-state index is 14.0. The number of hydrogen-bond donors (Lipinski definition) is 14. The minimum absolute atomic E-state index is 0. The van der Waals surface area contributed by atoms with E-state index in [1.807, 2.05) is 69.2 Å². The third-order valence-electron chi connectivity index (χ3n) is 15.3. The molecule has 1 aromatic heterocycles. The SMILES string of the molecule is C.Cc1c(C)c(C)c(-c2oc3cc(O)cc(O)c3c(=O)c2OC(NCC(=O)NCC=O)NCC(=O)NCC(=O)NCC=O)c(C)c1C.Cc1c(C)c(C)c(C2Oc3cc(O)cc(O)c3C(=O)C2OC(NCC(=O)NCC=O)NCC(=O)NCC(=O)NCC=O)c(C)c1C. The Balaban J connectivity index is 0.000000392. The summed E-state index contributed by atoms with van der Waals surface area (Å²) in [6.07, 6.45) is -3.33. The van der Waals surface area contributed by atoms with Crippen molar-refractivity contribution < 1.29 is 91.8 Å². The van der Waals surface area contributed by atoms with Crippen LogP contribution < -0.4 is 68.1 Å². The highest BCUT2D eigenvalue weighted by molar-refractivity contribution is 6.06. The lowest BCUT2D eigenvalue weighted by Gasteiger charge is -2.37. The Labute approximate surface area is 534 Å². The van der Waals surface area contributed by atoms with Crippen molar-refractivity contribution in [1.82, 2.24) is 53.2 Å². The Bertz CT molecular complexity index is 3680. The quantitative estimate of drug-likeness (QED) is 0.0215. The number of rotatable bonds is 30. The number of phenols is 4. The maximum Gasteiger partial charge on any atom is 0.239 e. The summed E-state index contributed by atoms with van der Waals surface area (Å²) in [4.78, 5) is 143. The Morgan fingerprint density at radius 3 is 1.30 bits per heavy atom. The number of ketones is 1. The normalized spacial score (nSPS) is 13.6. The van der Waals surface area contributed by atoms with Gasteiger partial charge in [0.1, 0.15) is 70.4 Å². The fourth-order valence-corrected chi connectivity index (χ4v) is 9.77. The first-order valence-corrected chi connectivity index (χ1v) is 28.6. The van der Waals surface area contributed by atoms with Gasteiger partial charge >= 0.3 is 0 Å². The molecule has 0 aliphatic carbocycles. The van der Waals surface area contributed by atoms with Crippen LogP contribution in [0.1, 0.15) is 85.1 Å². The van der Waals surface area contributed by atoms with E-state index in [2.05, 4.69) is 53.2 Å². The van der Waals surface area contributed by atoms with Crippen molar-refractivity contribution in [2.24, 2.45) is 0 Å². The summed E-state index contributed by atoms with van der Waals surface area (Å²) in [6, 6.07) is 4.37. The van der Waals surface area contributed by atoms with Crippen LogP contribution in [0.25, 0.3) is 22.3 Å². The van der Waals surface area contributed by atoms with Crippen LogP contribution in [0, 0.1) is 69.2 Å². The Morgan fingerprint density at radius 1 is 0.484 bits per heavy atom. The number of ether oxygens (including phenoxy) is 3. The zero-order chi connectivity index (χ0) is 68.3. The molecule has 1 aliphatic rings. The van der Waals surface area contributed by atoms with Crippen molar-refractivity contribution in [2.75, 3.05) is 65.4 Å². The first-order chi connectivity index (χ1) is 43.6. The summed E-state index contributed by atoms with van der Waals surface area (Å²) in [5, 5.41) is 66.1. The molecule has 30 heteroatoms. The van der Waals surface area contributed by atoms with Crippen LogP contribution in [0.2, 0.25) is 0 Å². The minimum Gasteiger partial charge on any atom is -0.508 e. The molecule has 5 aromatic rings. The van der Waals surface area contributed by atoms with Gasteiger partial charge in [-0.3, -0.25) is 59.6 Å². The number of nitrogens with one attached hydrogen (secondary N) is 10. The van der Waals surface area contributed by atoms with E-state index in [0.29, 0.717) is 36.3 Å². The number of carbonyl (C=O) groups is 11. The summed E-state index contributed by atoms with van der Waals surface area (Å²) in [5.74, 6) is -6.62. The molecule has 4 aromatic carbocycles. The third-order valence-corrected chi connectivity index (χ3v) is 15.3. The highest BCUT2D eigenvalue weighted by Crippen LogP contribution is 2.46. The summed E-state index contributed by atoms with van der Waals surface area (Å²) in [5.41, 5.74) is 9.12. The number of phenolic OH excluding ortho intramolecular Hbond substituents is 4. The molecule has 2 heterocycles. The third kappa shape index (κ3) is 19.4. The lowest BCUT2D eigenvalue weighted by Crippen LogP contribution is -2.55. The van der Waals surface area contributed by atoms with Crippen molar-refractivity contribution in [3.8, 4) is 45.8 Å². The average molecular weight is 1300 g/mol.